The van der Waals surface area contributed by atoms with E-state index in [9.17, 15) is 5.11 Å². The molecule has 150 valence electrons. The van der Waals surface area contributed by atoms with Crippen LogP contribution in [-0.4, -0.2) is 47.3 Å². The number of aliphatic hydroxyl groups excluding tert-OH is 1. The Kier molecular flexibility index (Phi) is 6.16. The molecule has 0 spiro atoms. The number of primary amides is 2. The van der Waals surface area contributed by atoms with E-state index >= 15 is 0 Å². The minimum atomic E-state index is -0.833. The van der Waals surface area contributed by atoms with Crippen LogP contribution < -0.4 is 16.2 Å². The molecule has 1 aromatic carbocycles. The van der Waals surface area contributed by atoms with Crippen LogP contribution in [0, 0.1) is 11.8 Å². The van der Waals surface area contributed by atoms with Crippen molar-refractivity contribution in [3.63, 3.8) is 0 Å². The highest BCUT2D eigenvalue weighted by Gasteiger charge is 2.42. The third-order valence-electron chi connectivity index (χ3n) is 5.82. The maximum Gasteiger partial charge on any atom is 0.309 e. The summed E-state index contributed by atoms with van der Waals surface area (Å²) >= 11 is 0. The van der Waals surface area contributed by atoms with Gasteiger partial charge in [0, 0.05) is 24.2 Å². The first-order valence-corrected chi connectivity index (χ1v) is 9.46. The van der Waals surface area contributed by atoms with Gasteiger partial charge in [-0.1, -0.05) is 6.08 Å². The number of nitrogens with two attached hydrogens (primary N) is 2. The van der Waals surface area contributed by atoms with Crippen LogP contribution in [0.4, 0.5) is 4.79 Å². The van der Waals surface area contributed by atoms with Crippen molar-refractivity contribution in [1.82, 2.24) is 9.88 Å². The van der Waals surface area contributed by atoms with Crippen molar-refractivity contribution >= 4 is 16.9 Å². The summed E-state index contributed by atoms with van der Waals surface area (Å²) in [6.45, 7) is 6.07. The minimum absolute atomic E-state index is 0.178. The third kappa shape index (κ3) is 4.10. The van der Waals surface area contributed by atoms with E-state index in [1.54, 1.807) is 13.3 Å². The van der Waals surface area contributed by atoms with Crippen LogP contribution in [0.2, 0.25) is 0 Å². The Morgan fingerprint density at radius 1 is 1.43 bits per heavy atom. The van der Waals surface area contributed by atoms with E-state index in [1.807, 2.05) is 24.3 Å². The molecule has 2 amide bonds. The van der Waals surface area contributed by atoms with E-state index in [-0.39, 0.29) is 6.04 Å². The Morgan fingerprint density at radius 3 is 2.79 bits per heavy atom. The molecule has 1 unspecified atom stereocenters. The second kappa shape index (κ2) is 8.58. The molecule has 7 heteroatoms. The number of carbonyl (C=O) groups excluding carboxylic acids is 1. The van der Waals surface area contributed by atoms with Gasteiger partial charge in [-0.2, -0.15) is 0 Å². The first kappa shape index (κ1) is 20.1. The van der Waals surface area contributed by atoms with Crippen LogP contribution in [0.25, 0.3) is 10.9 Å². The molecule has 2 bridgehead atoms. The fraction of sp³-hybridized carbons (Fsp3) is 0.429. The lowest BCUT2D eigenvalue weighted by Crippen LogP contribution is -2.54. The number of hydrogen-bond acceptors (Lipinski definition) is 5. The van der Waals surface area contributed by atoms with Gasteiger partial charge in [-0.05, 0) is 61.1 Å². The topological polar surface area (TPSA) is 115 Å². The van der Waals surface area contributed by atoms with Crippen molar-refractivity contribution in [3.05, 3.63) is 48.7 Å². The van der Waals surface area contributed by atoms with E-state index in [2.05, 4.69) is 34.0 Å². The van der Waals surface area contributed by atoms with Gasteiger partial charge in [0.25, 0.3) is 0 Å². The van der Waals surface area contributed by atoms with Gasteiger partial charge in [0.05, 0.1) is 18.7 Å². The average molecular weight is 384 g/mol. The fourth-order valence-electron chi connectivity index (χ4n) is 4.44. The van der Waals surface area contributed by atoms with Crippen LogP contribution in [0.3, 0.4) is 0 Å². The average Bonchev–Trinajstić information content (AvgIpc) is 2.72. The number of amides is 2. The molecule has 5 N–H and O–H groups in total. The van der Waals surface area contributed by atoms with Crippen molar-refractivity contribution < 1.29 is 14.6 Å². The Bertz CT molecular complexity index is 853. The quantitative estimate of drug-likeness (QED) is 0.699. The van der Waals surface area contributed by atoms with Crippen molar-refractivity contribution in [2.75, 3.05) is 20.2 Å². The molecule has 3 saturated heterocycles. The molecule has 0 radical (unpaired) electrons. The van der Waals surface area contributed by atoms with Gasteiger partial charge >= 0.3 is 6.03 Å². The van der Waals surface area contributed by atoms with Gasteiger partial charge in [-0.3, -0.25) is 9.88 Å². The smallest absolute Gasteiger partial charge is 0.309 e. The zero-order chi connectivity index (χ0) is 20.3. The molecule has 3 fully saturated rings. The number of aliphatic hydroxyl groups is 1. The third-order valence-corrected chi connectivity index (χ3v) is 5.82. The van der Waals surface area contributed by atoms with E-state index in [4.69, 9.17) is 9.53 Å². The summed E-state index contributed by atoms with van der Waals surface area (Å²) in [7, 11) is 1.66. The first-order valence-electron chi connectivity index (χ1n) is 9.46. The molecule has 0 aliphatic carbocycles. The Labute approximate surface area is 165 Å². The predicted octanol–water partition coefficient (Wildman–Crippen LogP) is 2.20. The Balaban J connectivity index is 0.000000516. The molecule has 2 aromatic rings. The predicted molar refractivity (Wildman–Crippen MR) is 109 cm³/mol. The van der Waals surface area contributed by atoms with Gasteiger partial charge in [0.2, 0.25) is 0 Å². The molecule has 3 aliphatic rings. The van der Waals surface area contributed by atoms with Crippen molar-refractivity contribution in [1.29, 1.82) is 0 Å². The number of nitrogens with zero attached hydrogens (tertiary/aromatic N) is 2. The maximum absolute atomic E-state index is 11.2. The highest BCUT2D eigenvalue weighted by Crippen LogP contribution is 2.42. The molecule has 5 rings (SSSR count). The van der Waals surface area contributed by atoms with Crippen molar-refractivity contribution in [2.45, 2.75) is 25.0 Å². The molecule has 0 saturated carbocycles. The van der Waals surface area contributed by atoms with Gasteiger partial charge in [-0.25, -0.2) is 4.79 Å². The van der Waals surface area contributed by atoms with Crippen molar-refractivity contribution in [3.8, 4) is 5.75 Å². The van der Waals surface area contributed by atoms with E-state index in [0.29, 0.717) is 11.8 Å². The standard InChI is InChI=1S/C20H24N2O2.CH4N2O/c1-3-13-12-22-9-7-14(13)10-19(22)20(23)16-6-8-21-18-5-4-15(24-2)11-17(16)18;2-1(3)4/h3-6,8,11,13-14,19-20,23H,1,7,9-10,12H2,2H3;(H4,2,3,4)/t13-,14-,19-,20+;/m0./s1. The van der Waals surface area contributed by atoms with E-state index < -0.39 is 12.1 Å². The molecule has 1 aromatic heterocycles. The monoisotopic (exact) mass is 384 g/mol. The lowest BCUT2D eigenvalue weighted by Gasteiger charge is -2.50. The van der Waals surface area contributed by atoms with Crippen molar-refractivity contribution in [2.24, 2.45) is 23.3 Å². The van der Waals surface area contributed by atoms with E-state index in [1.165, 1.54) is 6.42 Å². The first-order chi connectivity index (χ1) is 13.4. The lowest BCUT2D eigenvalue weighted by molar-refractivity contribution is -0.0444. The SMILES string of the molecule is C=C[C@H]1CN2CC[C@H]1C[C@H]2[C@H](O)c1ccnc2ccc(OC)cc12.NC(N)=O. The summed E-state index contributed by atoms with van der Waals surface area (Å²) in [6, 6.07) is 7.12. The lowest BCUT2D eigenvalue weighted by atomic mass is 9.73. The zero-order valence-electron chi connectivity index (χ0n) is 16.1. The van der Waals surface area contributed by atoms with Gasteiger partial charge in [0.1, 0.15) is 5.75 Å². The number of urea groups is 1. The van der Waals surface area contributed by atoms with Crippen LogP contribution in [0.5, 0.6) is 5.75 Å². The molecule has 5 atom stereocenters. The van der Waals surface area contributed by atoms with Gasteiger partial charge < -0.3 is 21.3 Å². The summed E-state index contributed by atoms with van der Waals surface area (Å²) in [5.74, 6) is 2.01. The van der Waals surface area contributed by atoms with Crippen LogP contribution in [-0.2, 0) is 0 Å². The second-order valence-corrected chi connectivity index (χ2v) is 7.38. The number of hydrogen-bond donors (Lipinski definition) is 3. The summed E-state index contributed by atoms with van der Waals surface area (Å²) in [5, 5.41) is 12.1. The Hall–Kier alpha value is -2.64. The zero-order valence-corrected chi connectivity index (χ0v) is 16.1. The number of fused-ring (bicyclic) bond motifs is 4. The number of carbonyl (C=O) groups is 1. The number of ether oxygens (including phenoxy) is 1. The van der Waals surface area contributed by atoms with Crippen LogP contribution in [0.15, 0.2) is 43.1 Å². The molecule has 7 nitrogen and oxygen atoms in total. The number of rotatable bonds is 4. The Morgan fingerprint density at radius 2 is 2.18 bits per heavy atom. The second-order valence-electron chi connectivity index (χ2n) is 7.38. The van der Waals surface area contributed by atoms with Crippen LogP contribution >= 0.6 is 0 Å². The largest absolute Gasteiger partial charge is 0.497 e. The van der Waals surface area contributed by atoms with Crippen LogP contribution in [0.1, 0.15) is 24.5 Å². The summed E-state index contributed by atoms with van der Waals surface area (Å²) in [6.07, 6.45) is 5.62. The van der Waals surface area contributed by atoms with Gasteiger partial charge in [0.15, 0.2) is 0 Å². The summed E-state index contributed by atoms with van der Waals surface area (Å²) in [4.78, 5) is 15.9. The summed E-state index contributed by atoms with van der Waals surface area (Å²) < 4.78 is 5.35. The van der Waals surface area contributed by atoms with Gasteiger partial charge in [-0.15, -0.1) is 6.58 Å². The minimum Gasteiger partial charge on any atom is -0.497 e. The number of piperidine rings is 3. The number of pyridine rings is 1. The number of aromatic nitrogens is 1. The molecule has 3 aliphatic heterocycles. The highest BCUT2D eigenvalue weighted by molar-refractivity contribution is 5.84. The normalized spacial score (nSPS) is 26.8. The fourth-order valence-corrected chi connectivity index (χ4v) is 4.44. The summed E-state index contributed by atoms with van der Waals surface area (Å²) in [5.41, 5.74) is 10.3. The maximum atomic E-state index is 11.2. The van der Waals surface area contributed by atoms with E-state index in [0.717, 1.165) is 41.7 Å². The highest BCUT2D eigenvalue weighted by atomic mass is 16.5. The number of benzene rings is 1. The molecule has 4 heterocycles. The molecule has 28 heavy (non-hydrogen) atoms. The molecular formula is C21H28N4O3. The number of methoxy groups -OCH3 is 1. The molecular weight excluding hydrogens is 356 g/mol.